The van der Waals surface area contributed by atoms with E-state index >= 15 is 0 Å². The fraction of sp³-hybridized carbons (Fsp3) is 0.750. The fourth-order valence-electron chi connectivity index (χ4n) is 1.43. The molecule has 0 fully saturated rings. The molecule has 0 aromatic rings. The first-order valence-electron chi connectivity index (χ1n) is 6.47. The molecular formula is C12H20O11. The molecule has 0 aromatic carbocycles. The average molecular weight is 340 g/mol. The summed E-state index contributed by atoms with van der Waals surface area (Å²) < 4.78 is 4.29. The Bertz CT molecular complexity index is 410. The molecule has 0 aliphatic carbocycles. The number of carbonyl (C=O) groups excluding carboxylic acids is 3. The molecule has 11 heteroatoms. The number of esters is 1. The zero-order valence-corrected chi connectivity index (χ0v) is 12.1. The number of hydrogen-bond acceptors (Lipinski definition) is 11. The van der Waals surface area contributed by atoms with Crippen molar-refractivity contribution in [2.75, 3.05) is 6.61 Å². The molecule has 0 aliphatic rings. The molecule has 0 rings (SSSR count). The van der Waals surface area contributed by atoms with Crippen LogP contribution in [0.1, 0.15) is 6.92 Å². The van der Waals surface area contributed by atoms with E-state index in [0.717, 1.165) is 6.92 Å². The molecule has 134 valence electrons. The highest BCUT2D eigenvalue weighted by Crippen LogP contribution is 2.09. The normalized spacial score (nSPS) is 20.5. The van der Waals surface area contributed by atoms with E-state index in [9.17, 15) is 34.8 Å². The molecule has 0 bridgehead atoms. The number of ether oxygens (including phenoxy) is 1. The van der Waals surface area contributed by atoms with Crippen LogP contribution in [0.25, 0.3) is 0 Å². The molecular weight excluding hydrogens is 320 g/mol. The minimum Gasteiger partial charge on any atom is -0.446 e. The number of ketones is 1. The van der Waals surface area contributed by atoms with E-state index in [-0.39, 0.29) is 6.29 Å². The second-order valence-corrected chi connectivity index (χ2v) is 4.78. The van der Waals surface area contributed by atoms with Crippen molar-refractivity contribution in [1.82, 2.24) is 0 Å². The van der Waals surface area contributed by atoms with Gasteiger partial charge in [-0.1, -0.05) is 0 Å². The third-order valence-corrected chi connectivity index (χ3v) is 2.93. The zero-order valence-electron chi connectivity index (χ0n) is 12.1. The van der Waals surface area contributed by atoms with Gasteiger partial charge in [0.05, 0.1) is 12.7 Å². The molecule has 0 heterocycles. The van der Waals surface area contributed by atoms with Crippen LogP contribution in [0.15, 0.2) is 0 Å². The van der Waals surface area contributed by atoms with Crippen molar-refractivity contribution in [3.63, 3.8) is 0 Å². The maximum Gasteiger partial charge on any atom is 0.378 e. The Labute approximate surface area is 130 Å². The summed E-state index contributed by atoms with van der Waals surface area (Å²) in [5, 5.41) is 64.2. The maximum atomic E-state index is 11.5. The smallest absolute Gasteiger partial charge is 0.378 e. The Morgan fingerprint density at radius 1 is 1.00 bits per heavy atom. The first kappa shape index (κ1) is 21.5. The van der Waals surface area contributed by atoms with Crippen LogP contribution in [0.3, 0.4) is 0 Å². The quantitative estimate of drug-likeness (QED) is 0.114. The van der Waals surface area contributed by atoms with E-state index in [0.29, 0.717) is 0 Å². The SMILES string of the molecule is C[C@@H](O)[C@@H](O)[C@H](O)[C@@H](C=O)OC(=O)C(=O)[C@H](O)[C@H](O)[C@@H](O)CO. The third-order valence-electron chi connectivity index (χ3n) is 2.93. The Morgan fingerprint density at radius 3 is 1.91 bits per heavy atom. The average Bonchev–Trinajstić information content (AvgIpc) is 2.54. The molecule has 23 heavy (non-hydrogen) atoms. The summed E-state index contributed by atoms with van der Waals surface area (Å²) in [6.45, 7) is 0.0793. The van der Waals surface area contributed by atoms with Crippen LogP contribution in [0.4, 0.5) is 0 Å². The van der Waals surface area contributed by atoms with Gasteiger partial charge in [-0.2, -0.15) is 0 Å². The van der Waals surface area contributed by atoms with Gasteiger partial charge < -0.3 is 40.5 Å². The van der Waals surface area contributed by atoms with Crippen molar-refractivity contribution in [3.05, 3.63) is 0 Å². The highest BCUT2D eigenvalue weighted by molar-refractivity contribution is 6.35. The van der Waals surface area contributed by atoms with Gasteiger partial charge in [0.15, 0.2) is 18.5 Å². The lowest BCUT2D eigenvalue weighted by molar-refractivity contribution is -0.175. The number of aliphatic hydroxyl groups is 7. The summed E-state index contributed by atoms with van der Waals surface area (Å²) in [5.41, 5.74) is 0. The minimum absolute atomic E-state index is 0.118. The molecule has 0 saturated carbocycles. The van der Waals surface area contributed by atoms with Crippen LogP contribution in [0.5, 0.6) is 0 Å². The van der Waals surface area contributed by atoms with Crippen molar-refractivity contribution in [3.8, 4) is 0 Å². The molecule has 0 aromatic heterocycles. The van der Waals surface area contributed by atoms with Crippen molar-refractivity contribution in [1.29, 1.82) is 0 Å². The predicted octanol–water partition coefficient (Wildman–Crippen LogP) is -5.16. The number of aldehydes is 1. The van der Waals surface area contributed by atoms with E-state index < -0.39 is 61.1 Å². The lowest BCUT2D eigenvalue weighted by Gasteiger charge is -2.25. The van der Waals surface area contributed by atoms with E-state index in [1.54, 1.807) is 0 Å². The second-order valence-electron chi connectivity index (χ2n) is 4.78. The molecule has 7 atom stereocenters. The van der Waals surface area contributed by atoms with Crippen LogP contribution in [0.2, 0.25) is 0 Å². The lowest BCUT2D eigenvalue weighted by atomic mass is 10.0. The Hall–Kier alpha value is -1.47. The van der Waals surface area contributed by atoms with E-state index in [2.05, 4.69) is 4.74 Å². The van der Waals surface area contributed by atoms with Gasteiger partial charge in [0, 0.05) is 0 Å². The fourth-order valence-corrected chi connectivity index (χ4v) is 1.43. The predicted molar refractivity (Wildman–Crippen MR) is 69.8 cm³/mol. The highest BCUT2D eigenvalue weighted by atomic mass is 16.6. The summed E-state index contributed by atoms with van der Waals surface area (Å²) >= 11 is 0. The molecule has 0 aliphatic heterocycles. The second kappa shape index (κ2) is 9.62. The molecule has 7 N–H and O–H groups in total. The van der Waals surface area contributed by atoms with Gasteiger partial charge in [0.1, 0.15) is 24.4 Å². The molecule has 0 amide bonds. The van der Waals surface area contributed by atoms with Gasteiger partial charge in [-0.25, -0.2) is 4.79 Å². The van der Waals surface area contributed by atoms with Crippen LogP contribution in [-0.4, -0.2) is 103 Å². The first-order valence-corrected chi connectivity index (χ1v) is 6.47. The summed E-state index contributed by atoms with van der Waals surface area (Å²) in [5.74, 6) is -3.59. The third kappa shape index (κ3) is 5.91. The van der Waals surface area contributed by atoms with Crippen LogP contribution in [0, 0.1) is 0 Å². The maximum absolute atomic E-state index is 11.5. The number of Topliss-reactive ketones (excluding diaryl/α,β-unsaturated/α-hetero) is 1. The van der Waals surface area contributed by atoms with Gasteiger partial charge >= 0.3 is 5.97 Å². The van der Waals surface area contributed by atoms with Crippen LogP contribution in [-0.2, 0) is 19.1 Å². The Balaban J connectivity index is 4.89. The van der Waals surface area contributed by atoms with Gasteiger partial charge in [-0.05, 0) is 6.92 Å². The van der Waals surface area contributed by atoms with E-state index in [1.807, 2.05) is 0 Å². The van der Waals surface area contributed by atoms with Crippen molar-refractivity contribution < 1.29 is 54.9 Å². The molecule has 11 nitrogen and oxygen atoms in total. The lowest BCUT2D eigenvalue weighted by Crippen LogP contribution is -2.50. The van der Waals surface area contributed by atoms with Crippen LogP contribution < -0.4 is 0 Å². The van der Waals surface area contributed by atoms with Gasteiger partial charge in [0.25, 0.3) is 5.78 Å². The zero-order chi connectivity index (χ0) is 18.3. The van der Waals surface area contributed by atoms with E-state index in [1.165, 1.54) is 0 Å². The molecule has 0 saturated heterocycles. The highest BCUT2D eigenvalue weighted by Gasteiger charge is 2.38. The monoisotopic (exact) mass is 340 g/mol. The van der Waals surface area contributed by atoms with Crippen molar-refractivity contribution in [2.45, 2.75) is 49.7 Å². The van der Waals surface area contributed by atoms with Crippen LogP contribution >= 0.6 is 0 Å². The Morgan fingerprint density at radius 2 is 1.52 bits per heavy atom. The number of hydrogen-bond donors (Lipinski definition) is 7. The summed E-state index contributed by atoms with van der Waals surface area (Å²) in [7, 11) is 0. The van der Waals surface area contributed by atoms with Gasteiger partial charge in [-0.15, -0.1) is 0 Å². The molecule has 0 radical (unpaired) electrons. The standard InChI is InChI=1S/C12H20O11/c1-4(15)7(17)9(19)6(3-14)23-12(22)11(21)10(20)8(18)5(16)2-13/h3-10,13,15-20H,2H2,1H3/t4-,5+,6-,7-,8-,9-,10-/m1/s1. The van der Waals surface area contributed by atoms with Crippen molar-refractivity contribution >= 4 is 18.0 Å². The largest absolute Gasteiger partial charge is 0.446 e. The Kier molecular flexibility index (Phi) is 9.01. The molecule has 0 spiro atoms. The number of aliphatic hydroxyl groups excluding tert-OH is 7. The number of rotatable bonds is 10. The summed E-state index contributed by atoms with van der Waals surface area (Å²) in [6, 6.07) is 0. The summed E-state index contributed by atoms with van der Waals surface area (Å²) in [4.78, 5) is 33.7. The minimum atomic E-state index is -2.45. The van der Waals surface area contributed by atoms with Crippen molar-refractivity contribution in [2.24, 2.45) is 0 Å². The van der Waals surface area contributed by atoms with Gasteiger partial charge in [0.2, 0.25) is 0 Å². The number of carbonyl (C=O) groups is 3. The summed E-state index contributed by atoms with van der Waals surface area (Å²) in [6.07, 6.45) is -14.1. The van der Waals surface area contributed by atoms with E-state index in [4.69, 9.17) is 15.3 Å². The topological polar surface area (TPSA) is 202 Å². The molecule has 0 unspecified atom stereocenters. The first-order chi connectivity index (χ1) is 10.6. The van der Waals surface area contributed by atoms with Gasteiger partial charge in [-0.3, -0.25) is 9.59 Å².